The van der Waals surface area contributed by atoms with Crippen LogP contribution in [0.15, 0.2) is 24.5 Å². The van der Waals surface area contributed by atoms with Crippen molar-refractivity contribution < 1.29 is 14.3 Å². The molecule has 1 aliphatic rings. The average Bonchev–Trinajstić information content (AvgIpc) is 2.19. The van der Waals surface area contributed by atoms with Gasteiger partial charge in [0.2, 0.25) is 0 Å². The molecule has 1 N–H and O–H groups in total. The molecule has 1 aromatic rings. The molecule has 1 aliphatic heterocycles. The monoisotopic (exact) mass is 179 g/mol. The fourth-order valence-corrected chi connectivity index (χ4v) is 1.34. The molecular formula is C8H10BNO3. The number of aromatic nitrogens is 1. The Labute approximate surface area is 76.7 Å². The summed E-state index contributed by atoms with van der Waals surface area (Å²) in [5.41, 5.74) is 0.977. The van der Waals surface area contributed by atoms with Gasteiger partial charge in [0.25, 0.3) is 0 Å². The molecule has 1 unspecified atom stereocenters. The lowest BCUT2D eigenvalue weighted by Crippen LogP contribution is -2.31. The van der Waals surface area contributed by atoms with Crippen molar-refractivity contribution in [3.63, 3.8) is 0 Å². The Morgan fingerprint density at radius 1 is 1.62 bits per heavy atom. The molecule has 68 valence electrons. The molecule has 0 aliphatic carbocycles. The van der Waals surface area contributed by atoms with Gasteiger partial charge in [-0.25, -0.2) is 0 Å². The van der Waals surface area contributed by atoms with Gasteiger partial charge >= 0.3 is 7.32 Å². The van der Waals surface area contributed by atoms with Crippen molar-refractivity contribution in [2.24, 2.45) is 0 Å². The molecule has 13 heavy (non-hydrogen) atoms. The summed E-state index contributed by atoms with van der Waals surface area (Å²) >= 11 is 0. The molecule has 1 fully saturated rings. The largest absolute Gasteiger partial charge is 0.637 e. The maximum atomic E-state index is 9.08. The first-order valence-corrected chi connectivity index (χ1v) is 4.21. The molecule has 2 rings (SSSR count). The van der Waals surface area contributed by atoms with Gasteiger partial charge in [0.1, 0.15) is 0 Å². The van der Waals surface area contributed by atoms with Crippen LogP contribution in [-0.2, 0) is 9.31 Å². The first-order chi connectivity index (χ1) is 6.36. The van der Waals surface area contributed by atoms with E-state index in [4.69, 9.17) is 14.3 Å². The van der Waals surface area contributed by atoms with Gasteiger partial charge in [-0.15, -0.1) is 0 Å². The number of rotatable bonds is 1. The second-order valence-electron chi connectivity index (χ2n) is 2.88. The highest BCUT2D eigenvalue weighted by Crippen LogP contribution is 2.24. The molecule has 1 aromatic heterocycles. The Morgan fingerprint density at radius 3 is 3.23 bits per heavy atom. The van der Waals surface area contributed by atoms with Gasteiger partial charge in [-0.3, -0.25) is 4.98 Å². The third kappa shape index (κ3) is 2.06. The molecule has 1 saturated heterocycles. The lowest BCUT2D eigenvalue weighted by molar-refractivity contribution is 0.0264. The van der Waals surface area contributed by atoms with E-state index in [2.05, 4.69) is 4.98 Å². The van der Waals surface area contributed by atoms with Gasteiger partial charge in [0.15, 0.2) is 0 Å². The van der Waals surface area contributed by atoms with Crippen molar-refractivity contribution in [3.8, 4) is 0 Å². The van der Waals surface area contributed by atoms with Crippen LogP contribution in [0.5, 0.6) is 0 Å². The molecule has 0 spiro atoms. The fraction of sp³-hybridized carbons (Fsp3) is 0.375. The minimum Gasteiger partial charge on any atom is -0.402 e. The van der Waals surface area contributed by atoms with Gasteiger partial charge in [-0.2, -0.15) is 0 Å². The second kappa shape index (κ2) is 3.87. The maximum absolute atomic E-state index is 9.08. The molecule has 5 heteroatoms. The van der Waals surface area contributed by atoms with E-state index in [0.29, 0.717) is 6.61 Å². The zero-order chi connectivity index (χ0) is 9.10. The summed E-state index contributed by atoms with van der Waals surface area (Å²) in [4.78, 5) is 3.98. The number of nitrogens with zero attached hydrogens (tertiary/aromatic N) is 1. The molecule has 2 heterocycles. The van der Waals surface area contributed by atoms with Gasteiger partial charge in [0.05, 0.1) is 6.10 Å². The van der Waals surface area contributed by atoms with Crippen LogP contribution in [-0.4, -0.2) is 23.9 Å². The zero-order valence-corrected chi connectivity index (χ0v) is 7.09. The van der Waals surface area contributed by atoms with Crippen LogP contribution in [0.25, 0.3) is 0 Å². The number of hydrogen-bond donors (Lipinski definition) is 1. The van der Waals surface area contributed by atoms with E-state index in [1.165, 1.54) is 0 Å². The van der Waals surface area contributed by atoms with E-state index in [1.54, 1.807) is 12.4 Å². The summed E-state index contributed by atoms with van der Waals surface area (Å²) in [6.45, 7) is 0.515. The molecular weight excluding hydrogens is 169 g/mol. The topological polar surface area (TPSA) is 51.6 Å². The van der Waals surface area contributed by atoms with E-state index >= 15 is 0 Å². The van der Waals surface area contributed by atoms with Crippen molar-refractivity contribution in [2.75, 3.05) is 6.61 Å². The highest BCUT2D eigenvalue weighted by Gasteiger charge is 2.28. The summed E-state index contributed by atoms with van der Waals surface area (Å²) in [5, 5.41) is 9.08. The third-order valence-corrected chi connectivity index (χ3v) is 1.98. The van der Waals surface area contributed by atoms with Crippen molar-refractivity contribution in [1.82, 2.24) is 4.98 Å². The van der Waals surface area contributed by atoms with E-state index in [-0.39, 0.29) is 6.10 Å². The molecule has 0 amide bonds. The smallest absolute Gasteiger partial charge is 0.402 e. The first-order valence-electron chi connectivity index (χ1n) is 4.21. The standard InChI is InChI=1S/C8H10BNO3/c11-9-12-5-3-8(13-9)7-2-1-4-10-6-7/h1-2,4,6,8,11H,3,5H2. The second-order valence-corrected chi connectivity index (χ2v) is 2.88. The van der Waals surface area contributed by atoms with Crippen LogP contribution in [0.1, 0.15) is 18.1 Å². The van der Waals surface area contributed by atoms with Gasteiger partial charge < -0.3 is 14.3 Å². The summed E-state index contributed by atoms with van der Waals surface area (Å²) < 4.78 is 10.0. The Kier molecular flexibility index (Phi) is 2.58. The lowest BCUT2D eigenvalue weighted by Gasteiger charge is -2.24. The Morgan fingerprint density at radius 2 is 2.54 bits per heavy atom. The predicted octanol–water partition coefficient (Wildman–Crippen LogP) is 0.537. The maximum Gasteiger partial charge on any atom is 0.637 e. The Balaban J connectivity index is 2.08. The van der Waals surface area contributed by atoms with E-state index < -0.39 is 7.32 Å². The molecule has 0 saturated carbocycles. The van der Waals surface area contributed by atoms with Gasteiger partial charge in [0, 0.05) is 19.0 Å². The average molecular weight is 179 g/mol. The van der Waals surface area contributed by atoms with Crippen LogP contribution in [0.3, 0.4) is 0 Å². The van der Waals surface area contributed by atoms with Gasteiger partial charge in [-0.05, 0) is 18.1 Å². The zero-order valence-electron chi connectivity index (χ0n) is 7.09. The van der Waals surface area contributed by atoms with Crippen molar-refractivity contribution in [3.05, 3.63) is 30.1 Å². The quantitative estimate of drug-likeness (QED) is 0.639. The third-order valence-electron chi connectivity index (χ3n) is 1.98. The molecule has 0 radical (unpaired) electrons. The van der Waals surface area contributed by atoms with Crippen molar-refractivity contribution >= 4 is 7.32 Å². The van der Waals surface area contributed by atoms with Crippen LogP contribution >= 0.6 is 0 Å². The van der Waals surface area contributed by atoms with E-state index in [9.17, 15) is 0 Å². The minimum atomic E-state index is -1.10. The SMILES string of the molecule is OB1OCCC(c2cccnc2)O1. The molecule has 4 nitrogen and oxygen atoms in total. The minimum absolute atomic E-state index is 0.0996. The van der Waals surface area contributed by atoms with Crippen molar-refractivity contribution in [2.45, 2.75) is 12.5 Å². The van der Waals surface area contributed by atoms with Gasteiger partial charge in [-0.1, -0.05) is 6.07 Å². The highest BCUT2D eigenvalue weighted by molar-refractivity contribution is 6.34. The Hall–Kier alpha value is -0.905. The molecule has 0 bridgehead atoms. The fourth-order valence-electron chi connectivity index (χ4n) is 1.34. The highest BCUT2D eigenvalue weighted by atomic mass is 16.7. The molecule has 0 aromatic carbocycles. The van der Waals surface area contributed by atoms with E-state index in [1.807, 2.05) is 12.1 Å². The normalized spacial score (nSPS) is 23.2. The summed E-state index contributed by atoms with van der Waals surface area (Å²) in [6.07, 6.45) is 4.10. The van der Waals surface area contributed by atoms with Crippen LogP contribution < -0.4 is 0 Å². The van der Waals surface area contributed by atoms with Crippen LogP contribution in [0, 0.1) is 0 Å². The molecule has 1 atom stereocenters. The summed E-state index contributed by atoms with van der Waals surface area (Å²) in [6, 6.07) is 3.77. The van der Waals surface area contributed by atoms with E-state index in [0.717, 1.165) is 12.0 Å². The van der Waals surface area contributed by atoms with Crippen LogP contribution in [0.4, 0.5) is 0 Å². The summed E-state index contributed by atoms with van der Waals surface area (Å²) in [5.74, 6) is 0. The number of pyridine rings is 1. The predicted molar refractivity (Wildman–Crippen MR) is 46.6 cm³/mol. The Bertz CT molecular complexity index is 269. The van der Waals surface area contributed by atoms with Crippen molar-refractivity contribution in [1.29, 1.82) is 0 Å². The number of hydrogen-bond acceptors (Lipinski definition) is 4. The summed E-state index contributed by atoms with van der Waals surface area (Å²) in [7, 11) is -1.10. The lowest BCUT2D eigenvalue weighted by atomic mass is 10.0. The first kappa shape index (κ1) is 8.68. The van der Waals surface area contributed by atoms with Crippen LogP contribution in [0.2, 0.25) is 0 Å².